The standard InChI is InChI=1S/C9H12N4O/c1-3-6-4-12-13-5-11-9(10)8(14-2)7(6)13/h4-5H,3,10H2,1-2H3. The van der Waals surface area contributed by atoms with E-state index >= 15 is 0 Å². The average Bonchev–Trinajstić information content (AvgIpc) is 2.61. The van der Waals surface area contributed by atoms with E-state index in [4.69, 9.17) is 10.5 Å². The van der Waals surface area contributed by atoms with Crippen LogP contribution in [0.5, 0.6) is 5.75 Å². The van der Waals surface area contributed by atoms with Gasteiger partial charge in [-0.2, -0.15) is 5.10 Å². The molecule has 0 atom stereocenters. The number of fused-ring (bicyclic) bond motifs is 1. The van der Waals surface area contributed by atoms with Crippen LogP contribution in [0.1, 0.15) is 12.5 Å². The highest BCUT2D eigenvalue weighted by atomic mass is 16.5. The molecule has 2 aromatic rings. The van der Waals surface area contributed by atoms with Gasteiger partial charge in [0.1, 0.15) is 11.8 Å². The second-order valence-electron chi connectivity index (χ2n) is 2.98. The minimum Gasteiger partial charge on any atom is -0.491 e. The Morgan fingerprint density at radius 3 is 3.00 bits per heavy atom. The Hall–Kier alpha value is -1.78. The summed E-state index contributed by atoms with van der Waals surface area (Å²) in [6.07, 6.45) is 4.29. The van der Waals surface area contributed by atoms with Gasteiger partial charge in [-0.25, -0.2) is 9.50 Å². The molecule has 0 unspecified atom stereocenters. The fraction of sp³-hybridized carbons (Fsp3) is 0.333. The number of nitrogens with two attached hydrogens (primary N) is 1. The van der Waals surface area contributed by atoms with Crippen molar-refractivity contribution in [3.8, 4) is 5.75 Å². The molecule has 2 rings (SSSR count). The molecule has 2 aromatic heterocycles. The lowest BCUT2D eigenvalue weighted by Crippen LogP contribution is -2.00. The molecule has 0 spiro atoms. The zero-order chi connectivity index (χ0) is 10.1. The molecule has 0 aliphatic carbocycles. The van der Waals surface area contributed by atoms with Gasteiger partial charge in [-0.3, -0.25) is 0 Å². The van der Waals surface area contributed by atoms with Gasteiger partial charge in [0.2, 0.25) is 0 Å². The van der Waals surface area contributed by atoms with Crippen molar-refractivity contribution in [3.63, 3.8) is 0 Å². The molecule has 0 aliphatic rings. The molecule has 2 heterocycles. The highest BCUT2D eigenvalue weighted by molar-refractivity contribution is 5.71. The van der Waals surface area contributed by atoms with Crippen LogP contribution >= 0.6 is 0 Å². The van der Waals surface area contributed by atoms with Crippen LogP contribution in [-0.4, -0.2) is 21.7 Å². The van der Waals surface area contributed by atoms with Crippen molar-refractivity contribution in [1.82, 2.24) is 14.6 Å². The van der Waals surface area contributed by atoms with Crippen LogP contribution < -0.4 is 10.5 Å². The number of anilines is 1. The van der Waals surface area contributed by atoms with Gasteiger partial charge in [-0.15, -0.1) is 0 Å². The first kappa shape index (κ1) is 8.80. The highest BCUT2D eigenvalue weighted by Crippen LogP contribution is 2.27. The normalized spacial score (nSPS) is 10.7. The first-order valence-corrected chi connectivity index (χ1v) is 4.42. The van der Waals surface area contributed by atoms with Gasteiger partial charge in [0.15, 0.2) is 11.6 Å². The zero-order valence-corrected chi connectivity index (χ0v) is 8.19. The molecule has 5 heteroatoms. The summed E-state index contributed by atoms with van der Waals surface area (Å²) in [7, 11) is 1.58. The maximum atomic E-state index is 5.70. The Kier molecular flexibility index (Phi) is 1.99. The lowest BCUT2D eigenvalue weighted by Gasteiger charge is -2.05. The van der Waals surface area contributed by atoms with E-state index in [-0.39, 0.29) is 0 Å². The fourth-order valence-corrected chi connectivity index (χ4v) is 1.49. The van der Waals surface area contributed by atoms with Gasteiger partial charge in [-0.1, -0.05) is 6.92 Å². The molecule has 0 aliphatic heterocycles. The van der Waals surface area contributed by atoms with E-state index in [0.717, 1.165) is 17.5 Å². The van der Waals surface area contributed by atoms with E-state index in [0.29, 0.717) is 11.6 Å². The minimum atomic E-state index is 0.398. The van der Waals surface area contributed by atoms with Crippen molar-refractivity contribution in [2.75, 3.05) is 12.8 Å². The Morgan fingerprint density at radius 1 is 1.57 bits per heavy atom. The molecular weight excluding hydrogens is 180 g/mol. The van der Waals surface area contributed by atoms with E-state index in [9.17, 15) is 0 Å². The van der Waals surface area contributed by atoms with Crippen molar-refractivity contribution in [2.24, 2.45) is 0 Å². The summed E-state index contributed by atoms with van der Waals surface area (Å²) in [6.45, 7) is 2.06. The van der Waals surface area contributed by atoms with Crippen molar-refractivity contribution < 1.29 is 4.74 Å². The van der Waals surface area contributed by atoms with Crippen LogP contribution in [0.4, 0.5) is 5.82 Å². The molecule has 0 saturated heterocycles. The molecule has 14 heavy (non-hydrogen) atoms. The van der Waals surface area contributed by atoms with E-state index in [1.54, 1.807) is 24.1 Å². The van der Waals surface area contributed by atoms with Crippen molar-refractivity contribution in [1.29, 1.82) is 0 Å². The number of rotatable bonds is 2. The topological polar surface area (TPSA) is 65.4 Å². The summed E-state index contributed by atoms with van der Waals surface area (Å²) < 4.78 is 6.89. The summed E-state index contributed by atoms with van der Waals surface area (Å²) >= 11 is 0. The first-order valence-electron chi connectivity index (χ1n) is 4.42. The van der Waals surface area contributed by atoms with Crippen LogP contribution in [0.25, 0.3) is 5.52 Å². The largest absolute Gasteiger partial charge is 0.491 e. The second kappa shape index (κ2) is 3.17. The number of ether oxygens (including phenoxy) is 1. The average molecular weight is 192 g/mol. The van der Waals surface area contributed by atoms with E-state index in [1.807, 2.05) is 0 Å². The number of hydrogen-bond donors (Lipinski definition) is 1. The van der Waals surface area contributed by atoms with Gasteiger partial charge < -0.3 is 10.5 Å². The predicted octanol–water partition coefficient (Wildman–Crippen LogP) is 0.883. The van der Waals surface area contributed by atoms with Gasteiger partial charge in [0, 0.05) is 5.56 Å². The molecule has 0 fully saturated rings. The zero-order valence-electron chi connectivity index (χ0n) is 8.19. The van der Waals surface area contributed by atoms with E-state index in [1.165, 1.54) is 0 Å². The lowest BCUT2D eigenvalue weighted by molar-refractivity contribution is 0.417. The minimum absolute atomic E-state index is 0.398. The van der Waals surface area contributed by atoms with Crippen LogP contribution in [0, 0.1) is 0 Å². The Bertz CT molecular complexity index is 463. The smallest absolute Gasteiger partial charge is 0.187 e. The third kappa shape index (κ3) is 1.09. The van der Waals surface area contributed by atoms with Crippen LogP contribution in [0.2, 0.25) is 0 Å². The summed E-state index contributed by atoms with van der Waals surface area (Å²) in [5.74, 6) is 0.997. The molecule has 0 radical (unpaired) electrons. The van der Waals surface area contributed by atoms with E-state index < -0.39 is 0 Å². The van der Waals surface area contributed by atoms with Gasteiger partial charge in [-0.05, 0) is 6.42 Å². The number of hydrogen-bond acceptors (Lipinski definition) is 4. The summed E-state index contributed by atoms with van der Waals surface area (Å²) in [5, 5.41) is 4.16. The van der Waals surface area contributed by atoms with Crippen molar-refractivity contribution in [2.45, 2.75) is 13.3 Å². The van der Waals surface area contributed by atoms with Gasteiger partial charge >= 0.3 is 0 Å². The maximum Gasteiger partial charge on any atom is 0.187 e. The molecule has 74 valence electrons. The molecule has 0 saturated carbocycles. The van der Waals surface area contributed by atoms with Crippen molar-refractivity contribution in [3.05, 3.63) is 18.1 Å². The number of nitrogen functional groups attached to an aromatic ring is 1. The fourth-order valence-electron chi connectivity index (χ4n) is 1.49. The van der Waals surface area contributed by atoms with E-state index in [2.05, 4.69) is 17.0 Å². The number of aromatic nitrogens is 3. The molecule has 0 amide bonds. The molecule has 2 N–H and O–H groups in total. The monoisotopic (exact) mass is 192 g/mol. The third-order valence-electron chi connectivity index (χ3n) is 2.21. The quantitative estimate of drug-likeness (QED) is 0.767. The number of nitrogens with zero attached hydrogens (tertiary/aromatic N) is 3. The highest BCUT2D eigenvalue weighted by Gasteiger charge is 2.11. The number of aryl methyl sites for hydroxylation is 1. The predicted molar refractivity (Wildman–Crippen MR) is 53.3 cm³/mol. The second-order valence-corrected chi connectivity index (χ2v) is 2.98. The van der Waals surface area contributed by atoms with Gasteiger partial charge in [0.05, 0.1) is 13.3 Å². The number of methoxy groups -OCH3 is 1. The first-order chi connectivity index (χ1) is 6.77. The summed E-state index contributed by atoms with van der Waals surface area (Å²) in [6, 6.07) is 0. The van der Waals surface area contributed by atoms with Crippen LogP contribution in [0.15, 0.2) is 12.5 Å². The SMILES string of the molecule is CCc1cnn2cnc(N)c(OC)c12. The Balaban J connectivity index is 2.81. The van der Waals surface area contributed by atoms with Crippen LogP contribution in [0.3, 0.4) is 0 Å². The molecular formula is C9H12N4O. The van der Waals surface area contributed by atoms with Crippen molar-refractivity contribution >= 4 is 11.3 Å². The lowest BCUT2D eigenvalue weighted by atomic mass is 10.2. The Labute approximate surface area is 81.5 Å². The molecule has 0 bridgehead atoms. The van der Waals surface area contributed by atoms with Gasteiger partial charge in [0.25, 0.3) is 0 Å². The maximum absolute atomic E-state index is 5.70. The molecule has 5 nitrogen and oxygen atoms in total. The third-order valence-corrected chi connectivity index (χ3v) is 2.21. The molecule has 0 aromatic carbocycles. The van der Waals surface area contributed by atoms with Crippen LogP contribution in [-0.2, 0) is 6.42 Å². The summed E-state index contributed by atoms with van der Waals surface area (Å²) in [5.41, 5.74) is 7.72. The summed E-state index contributed by atoms with van der Waals surface area (Å²) in [4.78, 5) is 3.98. The Morgan fingerprint density at radius 2 is 2.36 bits per heavy atom.